The molecule has 0 amide bonds. The van der Waals surface area contributed by atoms with Crippen molar-refractivity contribution < 1.29 is 0 Å². The van der Waals surface area contributed by atoms with Crippen LogP contribution in [-0.4, -0.2) is 18.0 Å². The minimum absolute atomic E-state index is 0.815. The molecule has 0 aromatic carbocycles. The van der Waals surface area contributed by atoms with Crippen LogP contribution in [0.5, 0.6) is 0 Å². The molecule has 0 bridgehead atoms. The molecule has 1 fully saturated rings. The zero-order chi connectivity index (χ0) is 11.4. The summed E-state index contributed by atoms with van der Waals surface area (Å²) in [5, 5.41) is 3.12. The van der Waals surface area contributed by atoms with Gasteiger partial charge in [-0.25, -0.2) is 0 Å². The summed E-state index contributed by atoms with van der Waals surface area (Å²) >= 11 is 0. The molecule has 1 N–H and O–H groups in total. The number of hydrogen-bond donors (Lipinski definition) is 1. The standard InChI is InChI=1S/C13H22N2/c1-10(2)14-12(4)8-13(5)15-7-6-11(3)9-15/h8,11,14H,1,4,6-7,9H2,2-3,5H3/b13-8+. The van der Waals surface area contributed by atoms with Crippen LogP contribution in [0.4, 0.5) is 0 Å². The average Bonchev–Trinajstić information content (AvgIpc) is 2.49. The van der Waals surface area contributed by atoms with E-state index in [1.54, 1.807) is 0 Å². The van der Waals surface area contributed by atoms with Gasteiger partial charge in [-0.2, -0.15) is 0 Å². The Morgan fingerprint density at radius 3 is 2.53 bits per heavy atom. The highest BCUT2D eigenvalue weighted by Crippen LogP contribution is 2.19. The van der Waals surface area contributed by atoms with Gasteiger partial charge in [0.05, 0.1) is 0 Å². The highest BCUT2D eigenvalue weighted by molar-refractivity contribution is 5.21. The molecule has 0 aromatic heterocycles. The lowest BCUT2D eigenvalue weighted by molar-refractivity contribution is 0.411. The second-order valence-electron chi connectivity index (χ2n) is 4.56. The third-order valence-electron chi connectivity index (χ3n) is 2.68. The van der Waals surface area contributed by atoms with Gasteiger partial charge in [0.1, 0.15) is 0 Å². The van der Waals surface area contributed by atoms with E-state index in [2.05, 4.69) is 43.3 Å². The first-order valence-corrected chi connectivity index (χ1v) is 5.53. The third kappa shape index (κ3) is 3.82. The van der Waals surface area contributed by atoms with Gasteiger partial charge in [0, 0.05) is 30.2 Å². The highest BCUT2D eigenvalue weighted by Gasteiger charge is 2.18. The Kier molecular flexibility index (Phi) is 4.01. The number of likely N-dealkylation sites (tertiary alicyclic amines) is 1. The van der Waals surface area contributed by atoms with Crippen molar-refractivity contribution in [3.63, 3.8) is 0 Å². The van der Waals surface area contributed by atoms with Crippen LogP contribution in [-0.2, 0) is 0 Å². The van der Waals surface area contributed by atoms with Crippen molar-refractivity contribution in [1.82, 2.24) is 10.2 Å². The maximum absolute atomic E-state index is 3.95. The predicted molar refractivity (Wildman–Crippen MR) is 66.2 cm³/mol. The van der Waals surface area contributed by atoms with Crippen molar-refractivity contribution in [3.8, 4) is 0 Å². The topological polar surface area (TPSA) is 15.3 Å². The molecule has 1 rings (SSSR count). The smallest absolute Gasteiger partial charge is 0.0325 e. The maximum atomic E-state index is 3.95. The van der Waals surface area contributed by atoms with E-state index in [1.165, 1.54) is 25.2 Å². The number of nitrogens with one attached hydrogen (secondary N) is 1. The quantitative estimate of drug-likeness (QED) is 0.712. The van der Waals surface area contributed by atoms with Gasteiger partial charge in [-0.1, -0.05) is 20.1 Å². The fourth-order valence-corrected chi connectivity index (χ4v) is 1.91. The fraction of sp³-hybridized carbons (Fsp3) is 0.538. The molecule has 1 aliphatic heterocycles. The normalized spacial score (nSPS) is 21.7. The summed E-state index contributed by atoms with van der Waals surface area (Å²) in [5.41, 5.74) is 3.14. The molecule has 2 heteroatoms. The Bertz CT molecular complexity index is 289. The van der Waals surface area contributed by atoms with E-state index in [1.807, 2.05) is 6.92 Å². The Hall–Kier alpha value is -1.18. The van der Waals surface area contributed by atoms with Crippen molar-refractivity contribution in [2.45, 2.75) is 27.2 Å². The lowest BCUT2D eigenvalue weighted by atomic mass is 10.2. The maximum Gasteiger partial charge on any atom is 0.0325 e. The van der Waals surface area contributed by atoms with Crippen molar-refractivity contribution in [2.75, 3.05) is 13.1 Å². The number of nitrogens with zero attached hydrogens (tertiary/aromatic N) is 1. The minimum atomic E-state index is 0.815. The highest BCUT2D eigenvalue weighted by atomic mass is 15.2. The molecule has 84 valence electrons. The van der Waals surface area contributed by atoms with Crippen LogP contribution in [0, 0.1) is 5.92 Å². The predicted octanol–water partition coefficient (Wildman–Crippen LogP) is 2.87. The monoisotopic (exact) mass is 206 g/mol. The Labute approximate surface area is 93.4 Å². The minimum Gasteiger partial charge on any atom is -0.375 e. The largest absolute Gasteiger partial charge is 0.375 e. The van der Waals surface area contributed by atoms with E-state index in [0.29, 0.717) is 0 Å². The molecule has 2 nitrogen and oxygen atoms in total. The number of hydrogen-bond acceptors (Lipinski definition) is 2. The summed E-state index contributed by atoms with van der Waals surface area (Å²) in [5.74, 6) is 0.815. The molecular formula is C13H22N2. The van der Waals surface area contributed by atoms with Crippen molar-refractivity contribution in [1.29, 1.82) is 0 Å². The van der Waals surface area contributed by atoms with Crippen LogP contribution in [0.2, 0.25) is 0 Å². The summed E-state index contributed by atoms with van der Waals surface area (Å²) in [4.78, 5) is 2.41. The molecule has 15 heavy (non-hydrogen) atoms. The van der Waals surface area contributed by atoms with E-state index in [-0.39, 0.29) is 0 Å². The van der Waals surface area contributed by atoms with Crippen LogP contribution in [0.25, 0.3) is 0 Å². The Morgan fingerprint density at radius 1 is 1.40 bits per heavy atom. The van der Waals surface area contributed by atoms with Gasteiger partial charge in [0.25, 0.3) is 0 Å². The van der Waals surface area contributed by atoms with Gasteiger partial charge in [-0.05, 0) is 32.3 Å². The van der Waals surface area contributed by atoms with Crippen LogP contribution in [0.15, 0.2) is 36.3 Å². The Morgan fingerprint density at radius 2 is 2.07 bits per heavy atom. The second kappa shape index (κ2) is 5.06. The van der Waals surface area contributed by atoms with Crippen molar-refractivity contribution >= 4 is 0 Å². The van der Waals surface area contributed by atoms with E-state index in [0.717, 1.165) is 17.3 Å². The molecule has 1 unspecified atom stereocenters. The first-order chi connectivity index (χ1) is 6.99. The van der Waals surface area contributed by atoms with Crippen LogP contribution < -0.4 is 5.32 Å². The lowest BCUT2D eigenvalue weighted by Crippen LogP contribution is -2.19. The summed E-state index contributed by atoms with van der Waals surface area (Å²) < 4.78 is 0. The summed E-state index contributed by atoms with van der Waals surface area (Å²) in [7, 11) is 0. The molecular weight excluding hydrogens is 184 g/mol. The first kappa shape index (κ1) is 11.9. The molecule has 0 aliphatic carbocycles. The first-order valence-electron chi connectivity index (χ1n) is 5.53. The van der Waals surface area contributed by atoms with Crippen molar-refractivity contribution in [3.05, 3.63) is 36.3 Å². The van der Waals surface area contributed by atoms with Gasteiger partial charge in [0.15, 0.2) is 0 Å². The molecule has 1 heterocycles. The second-order valence-corrected chi connectivity index (χ2v) is 4.56. The van der Waals surface area contributed by atoms with Crippen molar-refractivity contribution in [2.24, 2.45) is 5.92 Å². The third-order valence-corrected chi connectivity index (χ3v) is 2.68. The zero-order valence-corrected chi connectivity index (χ0v) is 10.1. The summed E-state index contributed by atoms with van der Waals surface area (Å²) in [6, 6.07) is 0. The molecule has 1 atom stereocenters. The van der Waals surface area contributed by atoms with Gasteiger partial charge in [0.2, 0.25) is 0 Å². The molecule has 1 saturated heterocycles. The van der Waals surface area contributed by atoms with Gasteiger partial charge in [-0.3, -0.25) is 0 Å². The molecule has 0 spiro atoms. The summed E-state index contributed by atoms with van der Waals surface area (Å²) in [6.07, 6.45) is 3.39. The van der Waals surface area contributed by atoms with E-state index in [9.17, 15) is 0 Å². The zero-order valence-electron chi connectivity index (χ0n) is 10.1. The summed E-state index contributed by atoms with van der Waals surface area (Å²) in [6.45, 7) is 16.5. The van der Waals surface area contributed by atoms with Crippen LogP contribution in [0.3, 0.4) is 0 Å². The Balaban J connectivity index is 2.51. The van der Waals surface area contributed by atoms with Gasteiger partial charge in [-0.15, -0.1) is 0 Å². The lowest BCUT2D eigenvalue weighted by Gasteiger charge is -2.19. The van der Waals surface area contributed by atoms with E-state index in [4.69, 9.17) is 0 Å². The van der Waals surface area contributed by atoms with Crippen LogP contribution in [0.1, 0.15) is 27.2 Å². The molecule has 0 saturated carbocycles. The SMILES string of the molecule is C=C(C)NC(=C)/C=C(\C)N1CCC(C)C1. The van der Waals surface area contributed by atoms with E-state index < -0.39 is 0 Å². The molecule has 0 aromatic rings. The average molecular weight is 206 g/mol. The van der Waals surface area contributed by atoms with Gasteiger partial charge >= 0.3 is 0 Å². The number of rotatable bonds is 4. The number of allylic oxidation sites excluding steroid dienone is 3. The fourth-order valence-electron chi connectivity index (χ4n) is 1.91. The molecule has 0 radical (unpaired) electrons. The van der Waals surface area contributed by atoms with Crippen LogP contribution >= 0.6 is 0 Å². The van der Waals surface area contributed by atoms with Gasteiger partial charge < -0.3 is 10.2 Å². The molecule has 1 aliphatic rings. The van der Waals surface area contributed by atoms with E-state index >= 15 is 0 Å².